The number of carbonyl (C=O) groups is 1. The summed E-state index contributed by atoms with van der Waals surface area (Å²) in [6.45, 7) is 4.37. The average molecular weight is 352 g/mol. The second-order valence-corrected chi connectivity index (χ2v) is 5.83. The van der Waals surface area contributed by atoms with Gasteiger partial charge in [0.2, 0.25) is 5.91 Å². The Kier molecular flexibility index (Phi) is 7.31. The van der Waals surface area contributed by atoms with Crippen LogP contribution in [0.25, 0.3) is 0 Å². The van der Waals surface area contributed by atoms with E-state index < -0.39 is 0 Å². The fourth-order valence-electron chi connectivity index (χ4n) is 2.39. The molecule has 136 valence electrons. The molecular weight excluding hydrogens is 328 g/mol. The molecule has 3 N–H and O–H groups in total. The maximum absolute atomic E-state index is 12.1. The van der Waals surface area contributed by atoms with Crippen LogP contribution in [0, 0.1) is 13.8 Å². The summed E-state index contributed by atoms with van der Waals surface area (Å²) in [4.78, 5) is 12.1. The van der Waals surface area contributed by atoms with Crippen LogP contribution in [0.3, 0.4) is 0 Å². The van der Waals surface area contributed by atoms with E-state index in [1.807, 2.05) is 62.4 Å². The lowest BCUT2D eigenvalue weighted by Gasteiger charge is -2.12. The molecule has 0 saturated heterocycles. The monoisotopic (exact) mass is 352 g/mol. The number of hydrogen-bond acceptors (Lipinski definition) is 4. The molecule has 0 aliphatic carbocycles. The summed E-state index contributed by atoms with van der Waals surface area (Å²) in [6, 6.07) is 15.6. The van der Waals surface area contributed by atoms with Crippen molar-refractivity contribution < 1.29 is 14.6 Å². The van der Waals surface area contributed by atoms with E-state index in [9.17, 15) is 4.79 Å². The molecule has 0 spiro atoms. The number of benzene rings is 2. The van der Waals surface area contributed by atoms with Crippen molar-refractivity contribution in [1.29, 1.82) is 0 Å². The van der Waals surface area contributed by atoms with E-state index in [1.165, 1.54) is 6.08 Å². The molecule has 5 nitrogen and oxygen atoms in total. The van der Waals surface area contributed by atoms with E-state index in [4.69, 9.17) is 9.84 Å². The molecule has 0 atom stereocenters. The van der Waals surface area contributed by atoms with Gasteiger partial charge in [0.1, 0.15) is 12.4 Å². The van der Waals surface area contributed by atoms with Crippen LogP contribution < -0.4 is 10.6 Å². The van der Waals surface area contributed by atoms with Gasteiger partial charge >= 0.3 is 0 Å². The number of ether oxygens (including phenoxy) is 1. The van der Waals surface area contributed by atoms with Gasteiger partial charge in [-0.05, 0) is 30.5 Å². The van der Waals surface area contributed by atoms with Gasteiger partial charge in [0.05, 0.1) is 12.8 Å². The van der Waals surface area contributed by atoms with E-state index in [-0.39, 0.29) is 12.5 Å². The molecule has 0 unspecified atom stereocenters. The first-order chi connectivity index (χ1) is 12.6. The van der Waals surface area contributed by atoms with Crippen molar-refractivity contribution in [2.45, 2.75) is 20.5 Å². The number of anilines is 1. The molecule has 2 rings (SSSR count). The zero-order valence-electron chi connectivity index (χ0n) is 15.0. The van der Waals surface area contributed by atoms with Crippen molar-refractivity contribution >= 4 is 11.6 Å². The van der Waals surface area contributed by atoms with Crippen LogP contribution in [0.5, 0.6) is 0 Å². The topological polar surface area (TPSA) is 70.6 Å². The van der Waals surface area contributed by atoms with E-state index in [0.29, 0.717) is 12.4 Å². The molecule has 5 heteroatoms. The number of carbonyl (C=O) groups excluding carboxylic acids is 1. The smallest absolute Gasteiger partial charge is 0.243 e. The minimum Gasteiger partial charge on any atom is -0.515 e. The van der Waals surface area contributed by atoms with Crippen molar-refractivity contribution in [1.82, 2.24) is 5.32 Å². The molecule has 26 heavy (non-hydrogen) atoms. The fraction of sp³-hybridized carbons (Fsp3) is 0.190. The lowest BCUT2D eigenvalue weighted by molar-refractivity contribution is -0.115. The van der Waals surface area contributed by atoms with Crippen molar-refractivity contribution in [3.63, 3.8) is 0 Å². The molecule has 0 fully saturated rings. The summed E-state index contributed by atoms with van der Waals surface area (Å²) < 4.78 is 5.63. The van der Waals surface area contributed by atoms with Crippen LogP contribution in [-0.2, 0) is 16.1 Å². The highest BCUT2D eigenvalue weighted by molar-refractivity contribution is 5.93. The number of aliphatic hydroxyl groups excluding tert-OH is 1. The molecule has 2 aromatic carbocycles. The summed E-state index contributed by atoms with van der Waals surface area (Å²) >= 11 is 0. The Balaban J connectivity index is 1.88. The fourth-order valence-corrected chi connectivity index (χ4v) is 2.39. The number of rotatable bonds is 8. The Labute approximate surface area is 154 Å². The van der Waals surface area contributed by atoms with Gasteiger partial charge in [0.25, 0.3) is 0 Å². The predicted molar refractivity (Wildman–Crippen MR) is 104 cm³/mol. The maximum atomic E-state index is 12.1. The summed E-state index contributed by atoms with van der Waals surface area (Å²) in [5.74, 6) is 0.269. The quantitative estimate of drug-likeness (QED) is 0.497. The van der Waals surface area contributed by atoms with Crippen LogP contribution in [0.15, 0.2) is 72.8 Å². The van der Waals surface area contributed by atoms with Gasteiger partial charge in [-0.25, -0.2) is 0 Å². The average Bonchev–Trinajstić information content (AvgIpc) is 2.64. The first-order valence-electron chi connectivity index (χ1n) is 8.37. The highest BCUT2D eigenvalue weighted by Gasteiger charge is 2.06. The standard InChI is InChI=1S/C21H24N2O3/c1-16-7-6-8-17(2)21(16)23-20(25)14-22-13-19(11-12-24)26-15-18-9-4-3-5-10-18/h3-13,22,24H,14-15H2,1-2H3,(H,23,25)/b12-11-,19-13+. The molecule has 0 heterocycles. The minimum absolute atomic E-state index is 0.0885. The normalized spacial score (nSPS) is 11.4. The Hall–Kier alpha value is -3.21. The number of allylic oxidation sites excluding steroid dienone is 1. The molecule has 1 amide bonds. The summed E-state index contributed by atoms with van der Waals surface area (Å²) in [5.41, 5.74) is 3.88. The zero-order chi connectivity index (χ0) is 18.8. The van der Waals surface area contributed by atoms with Crippen LogP contribution in [0.1, 0.15) is 16.7 Å². The third kappa shape index (κ3) is 6.02. The van der Waals surface area contributed by atoms with Crippen molar-refractivity contribution in [2.24, 2.45) is 0 Å². The Morgan fingerprint density at radius 3 is 2.42 bits per heavy atom. The van der Waals surface area contributed by atoms with Crippen molar-refractivity contribution in [3.8, 4) is 0 Å². The van der Waals surface area contributed by atoms with Gasteiger partial charge in [-0.3, -0.25) is 4.79 Å². The SMILES string of the molecule is Cc1cccc(C)c1NC(=O)CN/C=C(\C=C/O)OCc1ccccc1. The predicted octanol–water partition coefficient (Wildman–Crippen LogP) is 3.96. The van der Waals surface area contributed by atoms with E-state index in [2.05, 4.69) is 10.6 Å². The third-order valence-electron chi connectivity index (χ3n) is 3.74. The number of aryl methyl sites for hydroxylation is 2. The van der Waals surface area contributed by atoms with Gasteiger partial charge in [0, 0.05) is 18.0 Å². The first-order valence-corrected chi connectivity index (χ1v) is 8.37. The second kappa shape index (κ2) is 9.93. The second-order valence-electron chi connectivity index (χ2n) is 5.83. The number of aliphatic hydroxyl groups is 1. The number of hydrogen-bond donors (Lipinski definition) is 3. The molecular formula is C21H24N2O3. The molecule has 0 bridgehead atoms. The maximum Gasteiger partial charge on any atom is 0.243 e. The summed E-state index contributed by atoms with van der Waals surface area (Å²) in [5, 5.41) is 14.8. The van der Waals surface area contributed by atoms with Gasteiger partial charge in [-0.2, -0.15) is 0 Å². The van der Waals surface area contributed by atoms with Crippen molar-refractivity contribution in [3.05, 3.63) is 89.5 Å². The lowest BCUT2D eigenvalue weighted by atomic mass is 10.1. The number of nitrogens with one attached hydrogen (secondary N) is 2. The van der Waals surface area contributed by atoms with Crippen molar-refractivity contribution in [2.75, 3.05) is 11.9 Å². The number of para-hydroxylation sites is 1. The van der Waals surface area contributed by atoms with Gasteiger partial charge < -0.3 is 20.5 Å². The molecule has 0 saturated carbocycles. The first kappa shape index (κ1) is 19.1. The molecule has 0 aromatic heterocycles. The van der Waals surface area contributed by atoms with Crippen LogP contribution in [0.2, 0.25) is 0 Å². The summed E-state index contributed by atoms with van der Waals surface area (Å²) in [7, 11) is 0. The van der Waals surface area contributed by atoms with E-state index in [0.717, 1.165) is 28.6 Å². The van der Waals surface area contributed by atoms with Gasteiger partial charge in [-0.15, -0.1) is 0 Å². The van der Waals surface area contributed by atoms with Gasteiger partial charge in [-0.1, -0.05) is 48.5 Å². The zero-order valence-corrected chi connectivity index (χ0v) is 15.0. The largest absolute Gasteiger partial charge is 0.515 e. The Morgan fingerprint density at radius 1 is 1.08 bits per heavy atom. The Bertz CT molecular complexity index is 763. The molecule has 2 aromatic rings. The van der Waals surface area contributed by atoms with Crippen LogP contribution in [-0.4, -0.2) is 17.6 Å². The highest BCUT2D eigenvalue weighted by Crippen LogP contribution is 2.19. The number of amides is 1. The van der Waals surface area contributed by atoms with Crippen LogP contribution >= 0.6 is 0 Å². The van der Waals surface area contributed by atoms with E-state index in [1.54, 1.807) is 6.20 Å². The molecule has 0 radical (unpaired) electrons. The van der Waals surface area contributed by atoms with E-state index >= 15 is 0 Å². The van der Waals surface area contributed by atoms with Crippen LogP contribution in [0.4, 0.5) is 5.69 Å². The lowest BCUT2D eigenvalue weighted by Crippen LogP contribution is -2.25. The minimum atomic E-state index is -0.158. The molecule has 0 aliphatic rings. The summed E-state index contributed by atoms with van der Waals surface area (Å²) in [6.07, 6.45) is 3.87. The van der Waals surface area contributed by atoms with Gasteiger partial charge in [0.15, 0.2) is 0 Å². The Morgan fingerprint density at radius 2 is 1.77 bits per heavy atom. The highest BCUT2D eigenvalue weighted by atomic mass is 16.5. The molecule has 0 aliphatic heterocycles. The third-order valence-corrected chi connectivity index (χ3v) is 3.74.